The number of hydrogen-bond donors (Lipinski definition) is 3. The van der Waals surface area contributed by atoms with E-state index in [1.807, 2.05) is 30.3 Å². The molecule has 116 valence electrons. The lowest BCUT2D eigenvalue weighted by Crippen LogP contribution is -2.63. The lowest BCUT2D eigenvalue weighted by atomic mass is 9.97. The Morgan fingerprint density at radius 2 is 2.00 bits per heavy atom. The molecule has 1 fully saturated rings. The van der Waals surface area contributed by atoms with Gasteiger partial charge in [-0.1, -0.05) is 30.3 Å². The van der Waals surface area contributed by atoms with Gasteiger partial charge >= 0.3 is 0 Å². The third-order valence-electron chi connectivity index (χ3n) is 3.48. The summed E-state index contributed by atoms with van der Waals surface area (Å²) in [4.78, 5) is 11.1. The molecule has 0 aliphatic carbocycles. The first kappa shape index (κ1) is 15.9. The quantitative estimate of drug-likeness (QED) is 0.737. The van der Waals surface area contributed by atoms with Gasteiger partial charge in [0, 0.05) is 6.92 Å². The zero-order chi connectivity index (χ0) is 15.4. The van der Waals surface area contributed by atoms with Gasteiger partial charge in [-0.3, -0.25) is 4.79 Å². The van der Waals surface area contributed by atoms with Crippen LogP contribution in [0.2, 0.25) is 0 Å². The van der Waals surface area contributed by atoms with Crippen LogP contribution >= 0.6 is 0 Å². The average Bonchev–Trinajstić information content (AvgIpc) is 2.44. The van der Waals surface area contributed by atoms with E-state index in [4.69, 9.17) is 9.47 Å². The van der Waals surface area contributed by atoms with E-state index in [0.717, 1.165) is 5.56 Å². The van der Waals surface area contributed by atoms with Crippen molar-refractivity contribution >= 4 is 5.91 Å². The summed E-state index contributed by atoms with van der Waals surface area (Å²) in [6, 6.07) is 8.65. The molecule has 0 aromatic heterocycles. The molecule has 2 rings (SSSR count). The van der Waals surface area contributed by atoms with Gasteiger partial charge in [0.25, 0.3) is 0 Å². The first-order chi connectivity index (χ1) is 9.99. The number of amides is 1. The summed E-state index contributed by atoms with van der Waals surface area (Å²) < 4.78 is 11.0. The van der Waals surface area contributed by atoms with Crippen molar-refractivity contribution in [2.24, 2.45) is 0 Å². The molecule has 1 saturated heterocycles. The molecule has 0 unspecified atom stereocenters. The first-order valence-corrected chi connectivity index (χ1v) is 6.93. The highest BCUT2D eigenvalue weighted by molar-refractivity contribution is 5.73. The Labute approximate surface area is 123 Å². The van der Waals surface area contributed by atoms with Crippen LogP contribution in [-0.4, -0.2) is 46.8 Å². The number of rotatable bonds is 4. The van der Waals surface area contributed by atoms with Crippen molar-refractivity contribution in [3.63, 3.8) is 0 Å². The van der Waals surface area contributed by atoms with Gasteiger partial charge in [-0.2, -0.15) is 0 Å². The van der Waals surface area contributed by atoms with Gasteiger partial charge in [0.1, 0.15) is 18.2 Å². The summed E-state index contributed by atoms with van der Waals surface area (Å²) in [7, 11) is 0. The van der Waals surface area contributed by atoms with Crippen molar-refractivity contribution in [3.05, 3.63) is 35.9 Å². The molecule has 0 bridgehead atoms. The Morgan fingerprint density at radius 1 is 1.33 bits per heavy atom. The number of nitrogens with one attached hydrogen (secondary N) is 1. The predicted octanol–water partition coefficient (Wildman–Crippen LogP) is 0.174. The fourth-order valence-electron chi connectivity index (χ4n) is 2.42. The van der Waals surface area contributed by atoms with E-state index >= 15 is 0 Å². The molecule has 1 amide bonds. The lowest BCUT2D eigenvalue weighted by molar-refractivity contribution is -0.254. The number of carbonyl (C=O) groups excluding carboxylic acids is 1. The predicted molar refractivity (Wildman–Crippen MR) is 75.2 cm³/mol. The highest BCUT2D eigenvalue weighted by atomic mass is 16.6. The Kier molecular flexibility index (Phi) is 5.30. The number of hydrogen-bond acceptors (Lipinski definition) is 5. The Bertz CT molecular complexity index is 466. The largest absolute Gasteiger partial charge is 0.388 e. The molecule has 0 radical (unpaired) electrons. The zero-order valence-corrected chi connectivity index (χ0v) is 12.1. The Morgan fingerprint density at radius 3 is 2.62 bits per heavy atom. The van der Waals surface area contributed by atoms with Crippen LogP contribution in [0.4, 0.5) is 0 Å². The normalized spacial score (nSPS) is 32.7. The summed E-state index contributed by atoms with van der Waals surface area (Å²) in [5.41, 5.74) is 0.971. The third-order valence-corrected chi connectivity index (χ3v) is 3.48. The molecule has 3 N–H and O–H groups in total. The Balaban J connectivity index is 2.01. The van der Waals surface area contributed by atoms with Crippen molar-refractivity contribution in [2.45, 2.75) is 51.1 Å². The van der Waals surface area contributed by atoms with Gasteiger partial charge in [-0.25, -0.2) is 0 Å². The van der Waals surface area contributed by atoms with Crippen LogP contribution in [0, 0.1) is 0 Å². The van der Waals surface area contributed by atoms with Crippen LogP contribution in [0.15, 0.2) is 30.3 Å². The topological polar surface area (TPSA) is 88.0 Å². The van der Waals surface area contributed by atoms with Gasteiger partial charge in [-0.15, -0.1) is 0 Å². The van der Waals surface area contributed by atoms with Crippen LogP contribution < -0.4 is 5.32 Å². The highest BCUT2D eigenvalue weighted by Crippen LogP contribution is 2.23. The van der Waals surface area contributed by atoms with E-state index in [-0.39, 0.29) is 5.91 Å². The standard InChI is InChI=1S/C15H21NO5/c1-9-14(20-8-11-6-4-3-5-7-11)13(18)12(15(19)21-9)16-10(2)17/h3-7,9,12-15,18-19H,8H2,1-2H3,(H,16,17)/t9-,12-,13-,14-,15+/m1/s1. The molecule has 1 heterocycles. The first-order valence-electron chi connectivity index (χ1n) is 6.93. The lowest BCUT2D eigenvalue weighted by Gasteiger charge is -2.41. The van der Waals surface area contributed by atoms with Crippen molar-refractivity contribution in [1.29, 1.82) is 0 Å². The number of aliphatic hydroxyl groups excluding tert-OH is 2. The maximum absolute atomic E-state index is 11.1. The van der Waals surface area contributed by atoms with E-state index in [2.05, 4.69) is 5.32 Å². The van der Waals surface area contributed by atoms with Crippen LogP contribution in [0.3, 0.4) is 0 Å². The van der Waals surface area contributed by atoms with Crippen molar-refractivity contribution in [3.8, 4) is 0 Å². The van der Waals surface area contributed by atoms with Crippen molar-refractivity contribution in [2.75, 3.05) is 0 Å². The fourth-order valence-corrected chi connectivity index (χ4v) is 2.42. The molecule has 6 nitrogen and oxygen atoms in total. The second kappa shape index (κ2) is 7.00. The van der Waals surface area contributed by atoms with Gasteiger partial charge in [-0.05, 0) is 12.5 Å². The molecular weight excluding hydrogens is 274 g/mol. The van der Waals surface area contributed by atoms with Gasteiger partial charge in [0.15, 0.2) is 6.29 Å². The molecule has 6 heteroatoms. The average molecular weight is 295 g/mol. The SMILES string of the molecule is CC(=O)N[C@@H]1[C@@H](O)[C@H](OCc2ccccc2)[C@@H](C)O[C@@H]1O. The monoisotopic (exact) mass is 295 g/mol. The molecule has 1 aromatic carbocycles. The molecular formula is C15H21NO5. The van der Waals surface area contributed by atoms with Crippen molar-refractivity contribution < 1.29 is 24.5 Å². The molecule has 1 aliphatic heterocycles. The molecule has 0 spiro atoms. The number of aliphatic hydroxyl groups is 2. The van der Waals surface area contributed by atoms with E-state index in [0.29, 0.717) is 6.61 Å². The summed E-state index contributed by atoms with van der Waals surface area (Å²) in [6.45, 7) is 3.35. The molecule has 1 aliphatic rings. The minimum Gasteiger partial charge on any atom is -0.388 e. The summed E-state index contributed by atoms with van der Waals surface area (Å²) >= 11 is 0. The summed E-state index contributed by atoms with van der Waals surface area (Å²) in [5.74, 6) is -0.349. The molecule has 21 heavy (non-hydrogen) atoms. The van der Waals surface area contributed by atoms with Crippen LogP contribution in [-0.2, 0) is 20.9 Å². The van der Waals surface area contributed by atoms with Gasteiger partial charge < -0.3 is 25.0 Å². The summed E-state index contributed by atoms with van der Waals surface area (Å²) in [6.07, 6.45) is -3.42. The zero-order valence-electron chi connectivity index (χ0n) is 12.1. The van der Waals surface area contributed by atoms with E-state index in [1.54, 1.807) is 6.92 Å². The Hall–Kier alpha value is -1.47. The van der Waals surface area contributed by atoms with Crippen molar-refractivity contribution in [1.82, 2.24) is 5.32 Å². The van der Waals surface area contributed by atoms with Crippen LogP contribution in [0.5, 0.6) is 0 Å². The third kappa shape index (κ3) is 4.01. The number of benzene rings is 1. The number of carbonyl (C=O) groups is 1. The highest BCUT2D eigenvalue weighted by Gasteiger charge is 2.43. The van der Waals surface area contributed by atoms with Gasteiger partial charge in [0.2, 0.25) is 5.91 Å². The van der Waals surface area contributed by atoms with E-state index < -0.39 is 30.6 Å². The molecule has 0 saturated carbocycles. The second-order valence-corrected chi connectivity index (χ2v) is 5.21. The second-order valence-electron chi connectivity index (χ2n) is 5.21. The van der Waals surface area contributed by atoms with E-state index in [1.165, 1.54) is 6.92 Å². The molecule has 5 atom stereocenters. The minimum absolute atomic E-state index is 0.319. The maximum Gasteiger partial charge on any atom is 0.217 e. The summed E-state index contributed by atoms with van der Waals surface area (Å²) in [5, 5.41) is 22.6. The number of ether oxygens (including phenoxy) is 2. The van der Waals surface area contributed by atoms with Crippen LogP contribution in [0.1, 0.15) is 19.4 Å². The fraction of sp³-hybridized carbons (Fsp3) is 0.533. The van der Waals surface area contributed by atoms with E-state index in [9.17, 15) is 15.0 Å². The smallest absolute Gasteiger partial charge is 0.217 e. The minimum atomic E-state index is -1.25. The van der Waals surface area contributed by atoms with Crippen LogP contribution in [0.25, 0.3) is 0 Å². The molecule has 1 aromatic rings. The maximum atomic E-state index is 11.1. The van der Waals surface area contributed by atoms with Gasteiger partial charge in [0.05, 0.1) is 12.7 Å².